The highest BCUT2D eigenvalue weighted by Crippen LogP contribution is 2.22. The van der Waals surface area contributed by atoms with Crippen molar-refractivity contribution in [1.29, 1.82) is 0 Å². The zero-order valence-corrected chi connectivity index (χ0v) is 6.29. The second kappa shape index (κ2) is 2.49. The second-order valence-electron chi connectivity index (χ2n) is 3.35. The van der Waals surface area contributed by atoms with Crippen molar-refractivity contribution in [1.82, 2.24) is 9.91 Å². The number of hydrogen-bond donors (Lipinski definition) is 1. The zero-order chi connectivity index (χ0) is 6.97. The Labute approximate surface area is 61.7 Å². The van der Waals surface area contributed by atoms with Crippen LogP contribution in [0.4, 0.5) is 0 Å². The van der Waals surface area contributed by atoms with Crippen LogP contribution >= 0.6 is 0 Å². The first-order chi connectivity index (χ1) is 4.86. The molecule has 0 bridgehead atoms. The largest absolute Gasteiger partial charge is 0.286 e. The van der Waals surface area contributed by atoms with Gasteiger partial charge in [-0.05, 0) is 25.8 Å². The first kappa shape index (κ1) is 6.58. The average Bonchev–Trinajstić information content (AvgIpc) is 2.33. The molecule has 1 unspecified atom stereocenters. The number of hydrazine groups is 1. The van der Waals surface area contributed by atoms with Crippen LogP contribution in [0, 0.1) is 0 Å². The minimum Gasteiger partial charge on any atom is -0.286 e. The Bertz CT molecular complexity index is 126. The van der Waals surface area contributed by atoms with E-state index in [1.807, 2.05) is 5.01 Å². The number of rotatable bonds is 0. The molecule has 0 amide bonds. The molecule has 0 saturated carbocycles. The van der Waals surface area contributed by atoms with E-state index in [1.165, 1.54) is 25.8 Å². The molecule has 0 radical (unpaired) electrons. The van der Waals surface area contributed by atoms with E-state index in [9.17, 15) is 0 Å². The monoisotopic (exact) mass is 141 g/mol. The highest BCUT2D eigenvalue weighted by atomic mass is 15.5. The van der Waals surface area contributed by atoms with Gasteiger partial charge in [0.25, 0.3) is 0 Å². The van der Waals surface area contributed by atoms with Crippen molar-refractivity contribution in [3.8, 4) is 0 Å². The molecule has 2 rings (SSSR count). The summed E-state index contributed by atoms with van der Waals surface area (Å²) in [7, 11) is 0. The van der Waals surface area contributed by atoms with Gasteiger partial charge < -0.3 is 0 Å². The van der Waals surface area contributed by atoms with E-state index in [1.54, 1.807) is 0 Å². The van der Waals surface area contributed by atoms with Crippen LogP contribution in [0.5, 0.6) is 0 Å². The standard InChI is InChI=1S/C7H15N3/c8-10-5-3-7-2-1-4-9(7)6-10/h7H,1-6,8H2. The summed E-state index contributed by atoms with van der Waals surface area (Å²) in [5, 5.41) is 1.92. The van der Waals surface area contributed by atoms with Crippen LogP contribution in [-0.2, 0) is 0 Å². The lowest BCUT2D eigenvalue weighted by molar-refractivity contribution is 0.0664. The van der Waals surface area contributed by atoms with Gasteiger partial charge in [0.1, 0.15) is 0 Å². The summed E-state index contributed by atoms with van der Waals surface area (Å²) in [5.41, 5.74) is 0. The fraction of sp³-hybridized carbons (Fsp3) is 1.00. The molecule has 2 fully saturated rings. The van der Waals surface area contributed by atoms with Crippen LogP contribution in [0.3, 0.4) is 0 Å². The lowest BCUT2D eigenvalue weighted by Crippen LogP contribution is -2.50. The minimum atomic E-state index is 0.861. The number of hydrogen-bond acceptors (Lipinski definition) is 3. The van der Waals surface area contributed by atoms with E-state index >= 15 is 0 Å². The Morgan fingerprint density at radius 2 is 2.10 bits per heavy atom. The molecule has 2 N–H and O–H groups in total. The predicted octanol–water partition coefficient (Wildman–Crippen LogP) is -0.0123. The molecule has 3 nitrogen and oxygen atoms in total. The van der Waals surface area contributed by atoms with E-state index in [-0.39, 0.29) is 0 Å². The smallest absolute Gasteiger partial charge is 0.0645 e. The van der Waals surface area contributed by atoms with Gasteiger partial charge in [0.2, 0.25) is 0 Å². The average molecular weight is 141 g/mol. The van der Waals surface area contributed by atoms with Crippen LogP contribution in [0.25, 0.3) is 0 Å². The van der Waals surface area contributed by atoms with E-state index in [4.69, 9.17) is 5.84 Å². The summed E-state index contributed by atoms with van der Waals surface area (Å²) < 4.78 is 0. The molecule has 0 aromatic carbocycles. The molecule has 1 atom stereocenters. The van der Waals surface area contributed by atoms with Crippen molar-refractivity contribution in [2.45, 2.75) is 25.3 Å². The Morgan fingerprint density at radius 3 is 3.00 bits per heavy atom. The van der Waals surface area contributed by atoms with Gasteiger partial charge in [0.05, 0.1) is 6.67 Å². The molecule has 0 aromatic rings. The summed E-state index contributed by atoms with van der Waals surface area (Å²) in [4.78, 5) is 2.49. The molecule has 0 aromatic heterocycles. The number of nitrogens with two attached hydrogens (primary N) is 1. The SMILES string of the molecule is NN1CCC2CCCN2C1. The van der Waals surface area contributed by atoms with Crippen molar-refractivity contribution in [2.24, 2.45) is 5.84 Å². The molecule has 58 valence electrons. The molecule has 10 heavy (non-hydrogen) atoms. The molecule has 0 spiro atoms. The van der Waals surface area contributed by atoms with E-state index < -0.39 is 0 Å². The van der Waals surface area contributed by atoms with Gasteiger partial charge in [-0.2, -0.15) is 0 Å². The van der Waals surface area contributed by atoms with Crippen LogP contribution in [0.15, 0.2) is 0 Å². The summed E-state index contributed by atoms with van der Waals surface area (Å²) in [6, 6.07) is 0.861. The Balaban J connectivity index is 1.96. The fourth-order valence-electron chi connectivity index (χ4n) is 2.03. The van der Waals surface area contributed by atoms with Gasteiger partial charge in [-0.25, -0.2) is 5.01 Å². The van der Waals surface area contributed by atoms with Crippen LogP contribution in [-0.4, -0.2) is 35.7 Å². The highest BCUT2D eigenvalue weighted by Gasteiger charge is 2.28. The van der Waals surface area contributed by atoms with E-state index in [0.717, 1.165) is 19.3 Å². The van der Waals surface area contributed by atoms with Crippen molar-refractivity contribution >= 4 is 0 Å². The maximum atomic E-state index is 5.68. The molecule has 2 saturated heterocycles. The first-order valence-electron chi connectivity index (χ1n) is 4.10. The Kier molecular flexibility index (Phi) is 1.64. The summed E-state index contributed by atoms with van der Waals surface area (Å²) >= 11 is 0. The Morgan fingerprint density at radius 1 is 1.20 bits per heavy atom. The summed E-state index contributed by atoms with van der Waals surface area (Å²) in [6.45, 7) is 3.34. The fourth-order valence-corrected chi connectivity index (χ4v) is 2.03. The lowest BCUT2D eigenvalue weighted by atomic mass is 10.1. The van der Waals surface area contributed by atoms with Crippen LogP contribution in [0.2, 0.25) is 0 Å². The third-order valence-corrected chi connectivity index (χ3v) is 2.61. The van der Waals surface area contributed by atoms with Crippen molar-refractivity contribution in [3.05, 3.63) is 0 Å². The van der Waals surface area contributed by atoms with Gasteiger partial charge >= 0.3 is 0 Å². The van der Waals surface area contributed by atoms with Gasteiger partial charge in [-0.1, -0.05) is 0 Å². The third-order valence-electron chi connectivity index (χ3n) is 2.61. The van der Waals surface area contributed by atoms with Gasteiger partial charge in [0.15, 0.2) is 0 Å². The van der Waals surface area contributed by atoms with E-state index in [0.29, 0.717) is 0 Å². The van der Waals surface area contributed by atoms with Crippen molar-refractivity contribution in [2.75, 3.05) is 19.8 Å². The predicted molar refractivity (Wildman–Crippen MR) is 40.1 cm³/mol. The van der Waals surface area contributed by atoms with Crippen molar-refractivity contribution < 1.29 is 0 Å². The van der Waals surface area contributed by atoms with Gasteiger partial charge in [-0.15, -0.1) is 0 Å². The molecular weight excluding hydrogens is 126 g/mol. The second-order valence-corrected chi connectivity index (χ2v) is 3.35. The molecule has 3 heteroatoms. The topological polar surface area (TPSA) is 32.5 Å². The zero-order valence-electron chi connectivity index (χ0n) is 6.29. The van der Waals surface area contributed by atoms with Gasteiger partial charge in [-0.3, -0.25) is 10.7 Å². The van der Waals surface area contributed by atoms with Crippen molar-refractivity contribution in [3.63, 3.8) is 0 Å². The minimum absolute atomic E-state index is 0.861. The normalized spacial score (nSPS) is 36.3. The maximum Gasteiger partial charge on any atom is 0.0645 e. The Hall–Kier alpha value is -0.120. The molecular formula is C7H15N3. The maximum absolute atomic E-state index is 5.68. The number of fused-ring (bicyclic) bond motifs is 1. The third kappa shape index (κ3) is 1.05. The van der Waals surface area contributed by atoms with Crippen LogP contribution in [0.1, 0.15) is 19.3 Å². The quantitative estimate of drug-likeness (QED) is 0.481. The molecule has 2 heterocycles. The van der Waals surface area contributed by atoms with E-state index in [2.05, 4.69) is 4.90 Å². The van der Waals surface area contributed by atoms with Crippen LogP contribution < -0.4 is 5.84 Å². The molecule has 2 aliphatic rings. The summed E-state index contributed by atoms with van der Waals surface area (Å²) in [5.74, 6) is 5.68. The van der Waals surface area contributed by atoms with Gasteiger partial charge in [0, 0.05) is 12.6 Å². The highest BCUT2D eigenvalue weighted by molar-refractivity contribution is 4.82. The lowest BCUT2D eigenvalue weighted by Gasteiger charge is -2.34. The molecule has 0 aliphatic carbocycles. The summed E-state index contributed by atoms with van der Waals surface area (Å²) in [6.07, 6.45) is 4.04. The first-order valence-corrected chi connectivity index (χ1v) is 4.10. The molecule has 2 aliphatic heterocycles. The number of nitrogens with zero attached hydrogens (tertiary/aromatic N) is 2.